The van der Waals surface area contributed by atoms with Gasteiger partial charge in [-0.3, -0.25) is 14.1 Å². The highest BCUT2D eigenvalue weighted by molar-refractivity contribution is 7.93. The van der Waals surface area contributed by atoms with Crippen LogP contribution in [0.1, 0.15) is 60.2 Å². The number of para-hydroxylation sites is 1. The lowest BCUT2D eigenvalue weighted by Gasteiger charge is -2.26. The Hall–Kier alpha value is -3.71. The summed E-state index contributed by atoms with van der Waals surface area (Å²) in [4.78, 5) is 26.3. The molecular weight excluding hydrogens is 550 g/mol. The number of unbranched alkanes of at least 4 members (excludes halogenated alkanes) is 1. The summed E-state index contributed by atoms with van der Waals surface area (Å²) in [5, 5.41) is 9.51. The van der Waals surface area contributed by atoms with Crippen molar-refractivity contribution in [2.45, 2.75) is 78.3 Å². The molecule has 2 aromatic rings. The summed E-state index contributed by atoms with van der Waals surface area (Å²) in [7, 11) is -1.53. The highest BCUT2D eigenvalue weighted by Crippen LogP contribution is 2.34. The number of anilines is 1. The number of sulfonamides is 1. The van der Waals surface area contributed by atoms with Crippen molar-refractivity contribution >= 4 is 28.3 Å². The van der Waals surface area contributed by atoms with E-state index in [9.17, 15) is 18.3 Å². The van der Waals surface area contributed by atoms with Crippen molar-refractivity contribution in [3.8, 4) is 23.1 Å². The third kappa shape index (κ3) is 8.17. The fourth-order valence-corrected chi connectivity index (χ4v) is 5.06. The zero-order valence-electron chi connectivity index (χ0n) is 25.0. The molecule has 1 heterocycles. The Bertz CT molecular complexity index is 1420. The lowest BCUT2D eigenvalue weighted by molar-refractivity contribution is 0.0459. The van der Waals surface area contributed by atoms with Gasteiger partial charge in [0.1, 0.15) is 34.4 Å². The second-order valence-electron chi connectivity index (χ2n) is 9.79. The third-order valence-corrected chi connectivity index (χ3v) is 7.68. The average molecular weight is 592 g/mol. The van der Waals surface area contributed by atoms with Crippen LogP contribution in [0.3, 0.4) is 0 Å². The second-order valence-corrected chi connectivity index (χ2v) is 11.8. The smallest absolute Gasteiger partial charge is 0.286 e. The Labute approximate surface area is 241 Å². The van der Waals surface area contributed by atoms with Gasteiger partial charge in [0.2, 0.25) is 15.9 Å². The third-order valence-electron chi connectivity index (χ3n) is 5.96. The van der Waals surface area contributed by atoms with E-state index in [1.165, 1.54) is 31.9 Å². The van der Waals surface area contributed by atoms with E-state index < -0.39 is 38.5 Å². The van der Waals surface area contributed by atoms with Crippen LogP contribution in [0.5, 0.6) is 17.4 Å². The van der Waals surface area contributed by atoms with Crippen LogP contribution in [0, 0.1) is 0 Å². The van der Waals surface area contributed by atoms with Gasteiger partial charge in [-0.15, -0.1) is 0 Å². The van der Waals surface area contributed by atoms with Gasteiger partial charge in [0.05, 0.1) is 20.3 Å². The van der Waals surface area contributed by atoms with E-state index in [4.69, 9.17) is 14.2 Å². The minimum Gasteiger partial charge on any atom is -0.494 e. The molecule has 12 nitrogen and oxygen atoms in total. The van der Waals surface area contributed by atoms with E-state index >= 15 is 0 Å². The fourth-order valence-electron chi connectivity index (χ4n) is 3.90. The number of benzene rings is 1. The van der Waals surface area contributed by atoms with Crippen molar-refractivity contribution in [3.05, 3.63) is 46.2 Å². The fraction of sp³-hybridized carbons (Fsp3) is 0.500. The zero-order valence-corrected chi connectivity index (χ0v) is 25.8. The predicted octanol–water partition coefficient (Wildman–Crippen LogP) is 4.24. The molecule has 2 N–H and O–H groups in total. The lowest BCUT2D eigenvalue weighted by atomic mass is 10.2. The van der Waals surface area contributed by atoms with Gasteiger partial charge in [0.15, 0.2) is 11.5 Å². The summed E-state index contributed by atoms with van der Waals surface area (Å²) in [5.41, 5.74) is -0.413. The maximum Gasteiger partial charge on any atom is 0.286 e. The van der Waals surface area contributed by atoms with Crippen molar-refractivity contribution in [2.24, 2.45) is 9.98 Å². The van der Waals surface area contributed by atoms with Crippen LogP contribution in [0.15, 0.2) is 44.8 Å². The number of hydrogen-bond donors (Lipinski definition) is 2. The minimum absolute atomic E-state index is 0.0474. The Morgan fingerprint density at radius 3 is 2.29 bits per heavy atom. The van der Waals surface area contributed by atoms with E-state index in [2.05, 4.69) is 26.4 Å². The molecule has 0 aliphatic rings. The summed E-state index contributed by atoms with van der Waals surface area (Å²) >= 11 is 0. The van der Waals surface area contributed by atoms with Crippen LogP contribution >= 0.6 is 0 Å². The first kappa shape index (κ1) is 33.5. The lowest BCUT2D eigenvalue weighted by Crippen LogP contribution is -2.44. The summed E-state index contributed by atoms with van der Waals surface area (Å²) in [6.07, 6.45) is 1.76. The van der Waals surface area contributed by atoms with Crippen molar-refractivity contribution in [2.75, 3.05) is 18.9 Å². The summed E-state index contributed by atoms with van der Waals surface area (Å²) in [5.74, 6) is 0.0823. The van der Waals surface area contributed by atoms with E-state index in [0.29, 0.717) is 24.3 Å². The standard InChI is InChI=1S/C28H41N5O7S/c1-10-11-15-22-31-27(34)23(28(35)33(22)24-20(38-8)13-12-14-21(24)39-9)32-41(36,37)19(6)25(40-18(4)5)26(29-7)30-16-17(2)3/h12-14,16,18-19,25,32,34H,7,10-11,15H2,1-6,8-9H3/t19-,25+/m0/s1. The number of hydrogen-bond acceptors (Lipinski definition) is 9. The van der Waals surface area contributed by atoms with Crippen LogP contribution < -0.4 is 19.8 Å². The van der Waals surface area contributed by atoms with Gasteiger partial charge < -0.3 is 19.3 Å². The Morgan fingerprint density at radius 2 is 1.80 bits per heavy atom. The first-order chi connectivity index (χ1) is 19.3. The topological polar surface area (TPSA) is 154 Å². The Balaban J connectivity index is 2.76. The van der Waals surface area contributed by atoms with Gasteiger partial charge in [-0.2, -0.15) is 4.98 Å². The maximum atomic E-state index is 14.0. The SMILES string of the molecule is C=NC(=NC=C(C)C)[C@H](OC(C)C)[C@H](C)S(=O)(=O)Nc1c(O)nc(CCCC)n(-c2c(OC)cccc2OC)c1=O. The van der Waals surface area contributed by atoms with Crippen LogP contribution in [0.25, 0.3) is 5.69 Å². The molecule has 0 amide bonds. The molecular formula is C28H41N5O7S. The van der Waals surface area contributed by atoms with Gasteiger partial charge in [-0.25, -0.2) is 18.4 Å². The number of ether oxygens (including phenoxy) is 3. The van der Waals surface area contributed by atoms with E-state index in [1.54, 1.807) is 32.0 Å². The van der Waals surface area contributed by atoms with Gasteiger partial charge >= 0.3 is 0 Å². The summed E-state index contributed by atoms with van der Waals surface area (Å²) in [6, 6.07) is 4.96. The van der Waals surface area contributed by atoms with Crippen LogP contribution in [-0.2, 0) is 21.2 Å². The maximum absolute atomic E-state index is 14.0. The number of rotatable bonds is 14. The van der Waals surface area contributed by atoms with Crippen LogP contribution in [0.4, 0.5) is 5.69 Å². The number of nitrogens with one attached hydrogen (secondary N) is 1. The highest BCUT2D eigenvalue weighted by Gasteiger charge is 2.36. The summed E-state index contributed by atoms with van der Waals surface area (Å²) < 4.78 is 47.7. The molecule has 0 unspecified atom stereocenters. The molecule has 41 heavy (non-hydrogen) atoms. The Kier molecular flexibility index (Phi) is 12.1. The number of aliphatic imine (C=N–C) groups is 2. The Morgan fingerprint density at radius 1 is 1.20 bits per heavy atom. The van der Waals surface area contributed by atoms with Crippen LogP contribution in [-0.4, -0.2) is 67.3 Å². The number of nitrogens with zero attached hydrogens (tertiary/aromatic N) is 4. The van der Waals surface area contributed by atoms with Crippen molar-refractivity contribution in [3.63, 3.8) is 0 Å². The molecule has 1 aromatic heterocycles. The molecule has 0 fully saturated rings. The van der Waals surface area contributed by atoms with E-state index in [1.807, 2.05) is 20.8 Å². The quantitative estimate of drug-likeness (QED) is 0.244. The molecule has 0 aliphatic heterocycles. The number of allylic oxidation sites excluding steroid dienone is 1. The monoisotopic (exact) mass is 591 g/mol. The normalized spacial score (nSPS) is 13.4. The molecule has 226 valence electrons. The number of aromatic hydroxyl groups is 1. The number of aromatic nitrogens is 2. The largest absolute Gasteiger partial charge is 0.494 e. The molecule has 0 spiro atoms. The second kappa shape index (κ2) is 14.8. The van der Waals surface area contributed by atoms with E-state index in [0.717, 1.165) is 12.0 Å². The first-order valence-electron chi connectivity index (χ1n) is 13.2. The molecule has 0 bridgehead atoms. The summed E-state index contributed by atoms with van der Waals surface area (Å²) in [6.45, 7) is 14.0. The average Bonchev–Trinajstić information content (AvgIpc) is 2.92. The number of aryl methyl sites for hydroxylation is 1. The molecule has 2 atom stereocenters. The highest BCUT2D eigenvalue weighted by atomic mass is 32.2. The molecule has 0 radical (unpaired) electrons. The first-order valence-corrected chi connectivity index (χ1v) is 14.8. The van der Waals surface area contributed by atoms with Gasteiger partial charge in [-0.05, 0) is 59.9 Å². The van der Waals surface area contributed by atoms with Crippen molar-refractivity contribution in [1.82, 2.24) is 9.55 Å². The molecule has 2 rings (SSSR count). The molecule has 1 aromatic carbocycles. The molecule has 0 saturated carbocycles. The van der Waals surface area contributed by atoms with Gasteiger partial charge in [0, 0.05) is 12.6 Å². The number of amidine groups is 1. The van der Waals surface area contributed by atoms with Gasteiger partial charge in [-0.1, -0.05) is 25.0 Å². The number of methoxy groups -OCH3 is 2. The van der Waals surface area contributed by atoms with Crippen molar-refractivity contribution < 1.29 is 27.7 Å². The zero-order chi connectivity index (χ0) is 30.9. The predicted molar refractivity (Wildman–Crippen MR) is 162 cm³/mol. The van der Waals surface area contributed by atoms with Crippen molar-refractivity contribution in [1.29, 1.82) is 0 Å². The van der Waals surface area contributed by atoms with Crippen LogP contribution in [0.2, 0.25) is 0 Å². The van der Waals surface area contributed by atoms with E-state index in [-0.39, 0.29) is 23.5 Å². The van der Waals surface area contributed by atoms with Gasteiger partial charge in [0.25, 0.3) is 5.56 Å². The molecule has 13 heteroatoms. The molecule has 0 saturated heterocycles. The minimum atomic E-state index is -4.40. The molecule has 0 aliphatic carbocycles.